The second-order valence-electron chi connectivity index (χ2n) is 3.50. The Hall–Kier alpha value is -2.43. The van der Waals surface area contributed by atoms with Crippen molar-refractivity contribution < 1.29 is 9.90 Å². The Balaban J connectivity index is 2.38. The Morgan fingerprint density at radius 3 is 2.59 bits per heavy atom. The average molecular weight is 230 g/mol. The normalized spacial score (nSPS) is 10.1. The van der Waals surface area contributed by atoms with Crippen molar-refractivity contribution in [2.45, 2.75) is 6.54 Å². The zero-order chi connectivity index (χ0) is 12.3. The Kier molecular flexibility index (Phi) is 3.00. The summed E-state index contributed by atoms with van der Waals surface area (Å²) in [7, 11) is 0. The van der Waals surface area contributed by atoms with Gasteiger partial charge in [0.05, 0.1) is 6.54 Å². The van der Waals surface area contributed by atoms with Gasteiger partial charge in [0, 0.05) is 6.20 Å². The second kappa shape index (κ2) is 4.61. The van der Waals surface area contributed by atoms with Gasteiger partial charge in [-0.2, -0.15) is 5.10 Å². The molecule has 0 amide bonds. The van der Waals surface area contributed by atoms with Crippen LogP contribution < -0.4 is 5.56 Å². The van der Waals surface area contributed by atoms with Crippen LogP contribution in [0.3, 0.4) is 0 Å². The van der Waals surface area contributed by atoms with Crippen molar-refractivity contribution in [3.05, 3.63) is 64.1 Å². The molecule has 2 aromatic rings. The lowest BCUT2D eigenvalue weighted by Crippen LogP contribution is -2.28. The van der Waals surface area contributed by atoms with Gasteiger partial charge in [0.15, 0.2) is 0 Å². The maximum Gasteiger partial charge on any atom is 0.341 e. The van der Waals surface area contributed by atoms with E-state index in [1.165, 1.54) is 12.3 Å². The molecule has 1 heterocycles. The van der Waals surface area contributed by atoms with E-state index in [-0.39, 0.29) is 12.1 Å². The van der Waals surface area contributed by atoms with Crippen molar-refractivity contribution in [1.29, 1.82) is 0 Å². The Labute approximate surface area is 97.0 Å². The highest BCUT2D eigenvalue weighted by Gasteiger charge is 2.10. The van der Waals surface area contributed by atoms with Crippen LogP contribution in [-0.2, 0) is 6.54 Å². The molecule has 86 valence electrons. The number of aromatic carboxylic acids is 1. The Morgan fingerprint density at radius 2 is 1.94 bits per heavy atom. The van der Waals surface area contributed by atoms with Crippen molar-refractivity contribution in [3.8, 4) is 0 Å². The molecule has 0 aliphatic rings. The summed E-state index contributed by atoms with van der Waals surface area (Å²) in [5.41, 5.74) is 0.0319. The van der Waals surface area contributed by atoms with E-state index in [1.54, 1.807) is 0 Å². The molecule has 1 aromatic carbocycles. The lowest BCUT2D eigenvalue weighted by atomic mass is 10.2. The van der Waals surface area contributed by atoms with Crippen molar-refractivity contribution in [2.24, 2.45) is 0 Å². The summed E-state index contributed by atoms with van der Waals surface area (Å²) >= 11 is 0. The minimum absolute atomic E-state index is 0.265. The number of hydrogen-bond donors (Lipinski definition) is 1. The van der Waals surface area contributed by atoms with Crippen LogP contribution in [0.5, 0.6) is 0 Å². The van der Waals surface area contributed by atoms with E-state index in [0.717, 1.165) is 10.2 Å². The standard InChI is InChI=1S/C12H10N2O3/c15-11-10(12(16)17)6-7-13-14(11)8-9-4-2-1-3-5-9/h1-7H,8H2,(H,16,17). The molecular weight excluding hydrogens is 220 g/mol. The minimum Gasteiger partial charge on any atom is -0.477 e. The molecule has 0 atom stereocenters. The molecule has 0 saturated heterocycles. The molecule has 0 bridgehead atoms. The molecule has 0 radical (unpaired) electrons. The third-order valence-electron chi connectivity index (χ3n) is 2.32. The maximum absolute atomic E-state index is 11.7. The van der Waals surface area contributed by atoms with E-state index in [0.29, 0.717) is 0 Å². The summed E-state index contributed by atoms with van der Waals surface area (Å²) < 4.78 is 1.14. The van der Waals surface area contributed by atoms with E-state index in [1.807, 2.05) is 30.3 Å². The number of aromatic nitrogens is 2. The molecule has 0 aliphatic carbocycles. The first-order chi connectivity index (χ1) is 8.18. The van der Waals surface area contributed by atoms with Gasteiger partial charge in [0.2, 0.25) is 0 Å². The highest BCUT2D eigenvalue weighted by atomic mass is 16.4. The largest absolute Gasteiger partial charge is 0.477 e. The number of benzene rings is 1. The highest BCUT2D eigenvalue weighted by Crippen LogP contribution is 1.99. The monoisotopic (exact) mass is 230 g/mol. The molecule has 1 N–H and O–H groups in total. The average Bonchev–Trinajstić information content (AvgIpc) is 2.33. The SMILES string of the molecule is O=C(O)c1ccnn(Cc2ccccc2)c1=O. The van der Waals surface area contributed by atoms with Gasteiger partial charge in [-0.05, 0) is 11.6 Å². The van der Waals surface area contributed by atoms with Crippen molar-refractivity contribution in [2.75, 3.05) is 0 Å². The third kappa shape index (κ3) is 2.39. The fourth-order valence-electron chi connectivity index (χ4n) is 1.48. The number of nitrogens with zero attached hydrogens (tertiary/aromatic N) is 2. The maximum atomic E-state index is 11.7. The van der Waals surface area contributed by atoms with Gasteiger partial charge in [0.1, 0.15) is 5.56 Å². The molecular formula is C12H10N2O3. The summed E-state index contributed by atoms with van der Waals surface area (Å²) in [5, 5.41) is 12.7. The summed E-state index contributed by atoms with van der Waals surface area (Å²) in [4.78, 5) is 22.5. The number of carboxylic acid groups (broad SMARTS) is 1. The van der Waals surface area contributed by atoms with Crippen LogP contribution in [0.25, 0.3) is 0 Å². The van der Waals surface area contributed by atoms with Gasteiger partial charge in [-0.3, -0.25) is 4.79 Å². The zero-order valence-electron chi connectivity index (χ0n) is 8.91. The van der Waals surface area contributed by atoms with Gasteiger partial charge < -0.3 is 5.11 Å². The lowest BCUT2D eigenvalue weighted by Gasteiger charge is -2.04. The van der Waals surface area contributed by atoms with Crippen LogP contribution in [0.4, 0.5) is 0 Å². The van der Waals surface area contributed by atoms with E-state index >= 15 is 0 Å². The van der Waals surface area contributed by atoms with Crippen LogP contribution >= 0.6 is 0 Å². The van der Waals surface area contributed by atoms with Crippen molar-refractivity contribution in [1.82, 2.24) is 9.78 Å². The van der Waals surface area contributed by atoms with Crippen LogP contribution in [0, 0.1) is 0 Å². The predicted molar refractivity (Wildman–Crippen MR) is 61.0 cm³/mol. The molecule has 0 saturated carbocycles. The van der Waals surface area contributed by atoms with Crippen LogP contribution in [0.2, 0.25) is 0 Å². The number of hydrogen-bond acceptors (Lipinski definition) is 3. The molecule has 5 heteroatoms. The Morgan fingerprint density at radius 1 is 1.24 bits per heavy atom. The minimum atomic E-state index is -1.24. The number of carbonyl (C=O) groups is 1. The molecule has 17 heavy (non-hydrogen) atoms. The second-order valence-corrected chi connectivity index (χ2v) is 3.50. The van der Waals surface area contributed by atoms with Gasteiger partial charge >= 0.3 is 5.97 Å². The molecule has 0 spiro atoms. The summed E-state index contributed by atoms with van der Waals surface area (Å²) in [6.45, 7) is 0.265. The van der Waals surface area contributed by atoms with Gasteiger partial charge in [-0.25, -0.2) is 9.48 Å². The quantitative estimate of drug-likeness (QED) is 0.853. The van der Waals surface area contributed by atoms with Crippen LogP contribution in [0.15, 0.2) is 47.4 Å². The van der Waals surface area contributed by atoms with Crippen LogP contribution in [0.1, 0.15) is 15.9 Å². The van der Waals surface area contributed by atoms with E-state index < -0.39 is 11.5 Å². The van der Waals surface area contributed by atoms with E-state index in [4.69, 9.17) is 5.11 Å². The number of carboxylic acids is 1. The molecule has 2 rings (SSSR count). The molecule has 1 aromatic heterocycles. The van der Waals surface area contributed by atoms with Crippen LogP contribution in [-0.4, -0.2) is 20.9 Å². The topological polar surface area (TPSA) is 72.2 Å². The van der Waals surface area contributed by atoms with Gasteiger partial charge in [0.25, 0.3) is 5.56 Å². The first-order valence-corrected chi connectivity index (χ1v) is 5.02. The van der Waals surface area contributed by atoms with Gasteiger partial charge in [-0.1, -0.05) is 30.3 Å². The number of rotatable bonds is 3. The van der Waals surface area contributed by atoms with E-state index in [9.17, 15) is 9.59 Å². The van der Waals surface area contributed by atoms with Crippen molar-refractivity contribution in [3.63, 3.8) is 0 Å². The molecule has 5 nitrogen and oxygen atoms in total. The molecule has 0 fully saturated rings. The fraction of sp³-hybridized carbons (Fsp3) is 0.0833. The first-order valence-electron chi connectivity index (χ1n) is 5.02. The highest BCUT2D eigenvalue weighted by molar-refractivity contribution is 5.86. The Bertz CT molecular complexity index is 590. The third-order valence-corrected chi connectivity index (χ3v) is 2.32. The summed E-state index contributed by atoms with van der Waals surface area (Å²) in [6, 6.07) is 10.5. The summed E-state index contributed by atoms with van der Waals surface area (Å²) in [5.74, 6) is -1.24. The molecule has 0 aliphatic heterocycles. The first kappa shape index (κ1) is 11.1. The lowest BCUT2D eigenvalue weighted by molar-refractivity contribution is 0.0693. The fourth-order valence-corrected chi connectivity index (χ4v) is 1.48. The zero-order valence-corrected chi connectivity index (χ0v) is 8.91. The van der Waals surface area contributed by atoms with E-state index in [2.05, 4.69) is 5.10 Å². The van der Waals surface area contributed by atoms with Gasteiger partial charge in [-0.15, -0.1) is 0 Å². The smallest absolute Gasteiger partial charge is 0.341 e. The predicted octanol–water partition coefficient (Wildman–Crippen LogP) is 0.990. The molecule has 0 unspecified atom stereocenters. The summed E-state index contributed by atoms with van der Waals surface area (Å²) in [6.07, 6.45) is 1.31. The van der Waals surface area contributed by atoms with Crippen molar-refractivity contribution >= 4 is 5.97 Å².